The normalized spacial score (nSPS) is 15.1. The number of furan rings is 1. The van der Waals surface area contributed by atoms with E-state index in [9.17, 15) is 18.8 Å². The molecule has 1 N–H and O–H groups in total. The summed E-state index contributed by atoms with van der Waals surface area (Å²) in [6, 6.07) is 16.6. The maximum absolute atomic E-state index is 14.0. The number of fused-ring (bicyclic) bond motifs is 1. The largest absolute Gasteiger partial charge is 0.475 e. The number of carboxylic acids is 1. The Kier molecular flexibility index (Phi) is 5.54. The molecule has 170 valence electrons. The van der Waals surface area contributed by atoms with E-state index in [2.05, 4.69) is 0 Å². The van der Waals surface area contributed by atoms with Gasteiger partial charge in [-0.3, -0.25) is 14.5 Å². The van der Waals surface area contributed by atoms with Crippen molar-refractivity contribution in [3.63, 3.8) is 0 Å². The number of benzene rings is 2. The predicted octanol–water partition coefficient (Wildman–Crippen LogP) is 5.36. The summed E-state index contributed by atoms with van der Waals surface area (Å²) in [5.74, 6) is -1.77. The van der Waals surface area contributed by atoms with Crippen molar-refractivity contribution in [1.82, 2.24) is 9.47 Å². The Bertz CT molecular complexity index is 1490. The van der Waals surface area contributed by atoms with Crippen LogP contribution in [0.2, 0.25) is 0 Å². The van der Waals surface area contributed by atoms with E-state index in [0.29, 0.717) is 5.76 Å². The number of aromatic carboxylic acids is 1. The van der Waals surface area contributed by atoms with Crippen molar-refractivity contribution in [2.24, 2.45) is 0 Å². The zero-order valence-corrected chi connectivity index (χ0v) is 18.4. The second-order valence-corrected chi connectivity index (χ2v) is 8.65. The number of thioether (sulfide) groups is 1. The minimum Gasteiger partial charge on any atom is -0.475 e. The zero-order chi connectivity index (χ0) is 23.8. The number of rotatable bonds is 6. The first-order valence-electron chi connectivity index (χ1n) is 10.3. The van der Waals surface area contributed by atoms with Gasteiger partial charge in [0.1, 0.15) is 11.6 Å². The minimum atomic E-state index is -1.14. The third-order valence-electron chi connectivity index (χ3n) is 5.46. The van der Waals surface area contributed by atoms with Gasteiger partial charge in [-0.15, -0.1) is 0 Å². The van der Waals surface area contributed by atoms with Gasteiger partial charge < -0.3 is 14.1 Å². The first-order valence-corrected chi connectivity index (χ1v) is 11.1. The van der Waals surface area contributed by atoms with Crippen LogP contribution in [0.5, 0.6) is 0 Å². The van der Waals surface area contributed by atoms with Crippen molar-refractivity contribution in [3.05, 3.63) is 100 Å². The number of nitrogens with zero attached hydrogens (tertiary/aromatic N) is 2. The van der Waals surface area contributed by atoms with Gasteiger partial charge in [-0.2, -0.15) is 0 Å². The molecule has 1 fully saturated rings. The van der Waals surface area contributed by atoms with Crippen molar-refractivity contribution < 1.29 is 28.3 Å². The van der Waals surface area contributed by atoms with Gasteiger partial charge >= 0.3 is 5.97 Å². The highest BCUT2D eigenvalue weighted by molar-refractivity contribution is 8.18. The highest BCUT2D eigenvalue weighted by Crippen LogP contribution is 2.35. The van der Waals surface area contributed by atoms with E-state index in [1.54, 1.807) is 30.3 Å². The molecule has 1 aliphatic heterocycles. The lowest BCUT2D eigenvalue weighted by Gasteiger charge is -2.12. The molecule has 0 unspecified atom stereocenters. The monoisotopic (exact) mass is 476 g/mol. The van der Waals surface area contributed by atoms with Crippen molar-refractivity contribution >= 4 is 45.9 Å². The van der Waals surface area contributed by atoms with Crippen LogP contribution in [0.3, 0.4) is 0 Å². The third kappa shape index (κ3) is 4.01. The summed E-state index contributed by atoms with van der Waals surface area (Å²) in [5.41, 5.74) is 1.84. The number of amides is 2. The molecule has 0 saturated carbocycles. The summed E-state index contributed by atoms with van der Waals surface area (Å²) in [4.78, 5) is 37.8. The highest BCUT2D eigenvalue weighted by Gasteiger charge is 2.35. The maximum atomic E-state index is 14.0. The molecule has 9 heteroatoms. The average Bonchev–Trinajstić information content (AvgIpc) is 3.50. The number of halogens is 1. The Morgan fingerprint density at radius 3 is 2.56 bits per heavy atom. The first kappa shape index (κ1) is 21.7. The average molecular weight is 476 g/mol. The Morgan fingerprint density at radius 1 is 1.03 bits per heavy atom. The van der Waals surface area contributed by atoms with Crippen molar-refractivity contribution in [3.8, 4) is 0 Å². The van der Waals surface area contributed by atoms with E-state index < -0.39 is 22.9 Å². The summed E-state index contributed by atoms with van der Waals surface area (Å²) in [5, 5.41) is 9.48. The van der Waals surface area contributed by atoms with Gasteiger partial charge in [0.15, 0.2) is 0 Å². The molecule has 2 aromatic carbocycles. The SMILES string of the molecule is O=C(O)c1ccc(Cn2cc(/C=C3\SC(=O)N(Cc4ccccc4F)C3=O)c3ccccc32)o1. The van der Waals surface area contributed by atoms with Crippen molar-refractivity contribution in [1.29, 1.82) is 0 Å². The third-order valence-corrected chi connectivity index (χ3v) is 6.37. The molecule has 5 rings (SSSR count). The Balaban J connectivity index is 1.45. The molecular weight excluding hydrogens is 459 g/mol. The molecule has 0 aliphatic carbocycles. The van der Waals surface area contributed by atoms with Crippen LogP contribution in [0.4, 0.5) is 9.18 Å². The Hall–Kier alpha value is -4.11. The van der Waals surface area contributed by atoms with E-state index >= 15 is 0 Å². The number of aromatic nitrogens is 1. The number of para-hydroxylation sites is 1. The summed E-state index contributed by atoms with van der Waals surface area (Å²) in [7, 11) is 0. The van der Waals surface area contributed by atoms with Crippen LogP contribution in [0.25, 0.3) is 17.0 Å². The summed E-state index contributed by atoms with van der Waals surface area (Å²) >= 11 is 0.813. The maximum Gasteiger partial charge on any atom is 0.371 e. The second-order valence-electron chi connectivity index (χ2n) is 7.66. The zero-order valence-electron chi connectivity index (χ0n) is 17.6. The van der Waals surface area contributed by atoms with Gasteiger partial charge in [0.05, 0.1) is 18.0 Å². The van der Waals surface area contributed by atoms with Crippen LogP contribution in [0.15, 0.2) is 76.2 Å². The molecule has 0 bridgehead atoms. The van der Waals surface area contributed by atoms with E-state index in [4.69, 9.17) is 9.52 Å². The summed E-state index contributed by atoms with van der Waals surface area (Å²) in [6.45, 7) is 0.150. The molecule has 0 spiro atoms. The number of carbonyl (C=O) groups excluding carboxylic acids is 2. The van der Waals surface area contributed by atoms with Crippen molar-refractivity contribution in [2.45, 2.75) is 13.1 Å². The number of imide groups is 1. The fourth-order valence-corrected chi connectivity index (χ4v) is 4.67. The fourth-order valence-electron chi connectivity index (χ4n) is 3.84. The van der Waals surface area contributed by atoms with Crippen molar-refractivity contribution in [2.75, 3.05) is 0 Å². The van der Waals surface area contributed by atoms with Gasteiger partial charge in [-0.1, -0.05) is 36.4 Å². The highest BCUT2D eigenvalue weighted by atomic mass is 32.2. The van der Waals surface area contributed by atoms with E-state index in [1.165, 1.54) is 12.1 Å². The van der Waals surface area contributed by atoms with E-state index in [-0.39, 0.29) is 29.3 Å². The van der Waals surface area contributed by atoms with Crippen LogP contribution in [0, 0.1) is 5.82 Å². The molecule has 2 amide bonds. The van der Waals surface area contributed by atoms with E-state index in [0.717, 1.165) is 33.1 Å². The number of carbonyl (C=O) groups is 3. The molecule has 4 aromatic rings. The number of hydrogen-bond donors (Lipinski definition) is 1. The Labute approximate surface area is 197 Å². The predicted molar refractivity (Wildman–Crippen MR) is 125 cm³/mol. The number of carboxylic acid groups (broad SMARTS) is 1. The van der Waals surface area contributed by atoms with Gasteiger partial charge in [-0.05, 0) is 42.1 Å². The van der Waals surface area contributed by atoms with Gasteiger partial charge in [0, 0.05) is 28.2 Å². The van der Waals surface area contributed by atoms with Crippen LogP contribution >= 0.6 is 11.8 Å². The quantitative estimate of drug-likeness (QED) is 0.377. The first-order chi connectivity index (χ1) is 16.4. The lowest BCUT2D eigenvalue weighted by atomic mass is 10.1. The van der Waals surface area contributed by atoms with Crippen LogP contribution in [-0.2, 0) is 17.9 Å². The topological polar surface area (TPSA) is 92.8 Å². The second kappa shape index (κ2) is 8.68. The summed E-state index contributed by atoms with van der Waals surface area (Å²) < 4.78 is 21.3. The lowest BCUT2D eigenvalue weighted by molar-refractivity contribution is -0.123. The van der Waals surface area contributed by atoms with Gasteiger partial charge in [0.25, 0.3) is 11.1 Å². The molecule has 0 radical (unpaired) electrons. The fraction of sp³-hybridized carbons (Fsp3) is 0.0800. The van der Waals surface area contributed by atoms with Crippen LogP contribution < -0.4 is 0 Å². The molecule has 0 atom stereocenters. The van der Waals surface area contributed by atoms with Crippen LogP contribution in [0.1, 0.15) is 27.4 Å². The molecule has 34 heavy (non-hydrogen) atoms. The van der Waals surface area contributed by atoms with E-state index in [1.807, 2.05) is 35.0 Å². The molecular formula is C25H17FN2O5S. The molecule has 1 saturated heterocycles. The van der Waals surface area contributed by atoms with Gasteiger partial charge in [-0.25, -0.2) is 9.18 Å². The van der Waals surface area contributed by atoms with Crippen LogP contribution in [-0.4, -0.2) is 31.7 Å². The number of hydrogen-bond acceptors (Lipinski definition) is 5. The molecule has 1 aliphatic rings. The van der Waals surface area contributed by atoms with Gasteiger partial charge in [0.2, 0.25) is 5.76 Å². The molecule has 7 nitrogen and oxygen atoms in total. The molecule has 3 heterocycles. The summed E-state index contributed by atoms with van der Waals surface area (Å²) in [6.07, 6.45) is 3.47. The standard InChI is InChI=1S/C25H17FN2O5S/c26-19-7-3-1-5-15(19)13-28-23(29)22(34-25(28)32)11-16-12-27(20-8-4-2-6-18(16)20)14-17-9-10-21(33-17)24(30)31/h1-12H,13-14H2,(H,30,31)/b22-11-. The smallest absolute Gasteiger partial charge is 0.371 e. The minimum absolute atomic E-state index is 0.138. The molecule has 2 aromatic heterocycles. The lowest BCUT2D eigenvalue weighted by Crippen LogP contribution is -2.27. The Morgan fingerprint density at radius 2 is 1.79 bits per heavy atom.